The summed E-state index contributed by atoms with van der Waals surface area (Å²) in [6, 6.07) is 15.9. The molecule has 4 aromatic rings. The van der Waals surface area contributed by atoms with Gasteiger partial charge in [0, 0.05) is 47.2 Å². The summed E-state index contributed by atoms with van der Waals surface area (Å²) in [6.07, 6.45) is 7.88. The summed E-state index contributed by atoms with van der Waals surface area (Å²) >= 11 is 0. The third kappa shape index (κ3) is 3.41. The van der Waals surface area contributed by atoms with Crippen LogP contribution in [0.25, 0.3) is 22.0 Å². The average molecular weight is 397 g/mol. The van der Waals surface area contributed by atoms with E-state index in [4.69, 9.17) is 5.73 Å². The molecule has 3 N–H and O–H groups in total. The van der Waals surface area contributed by atoms with E-state index < -0.39 is 0 Å². The van der Waals surface area contributed by atoms with E-state index in [1.54, 1.807) is 12.3 Å². The van der Waals surface area contributed by atoms with Crippen molar-refractivity contribution in [1.82, 2.24) is 19.9 Å². The van der Waals surface area contributed by atoms with Crippen LogP contribution in [0.3, 0.4) is 0 Å². The lowest BCUT2D eigenvalue weighted by atomic mass is 10.1. The van der Waals surface area contributed by atoms with E-state index in [-0.39, 0.29) is 11.9 Å². The van der Waals surface area contributed by atoms with Crippen LogP contribution in [0.1, 0.15) is 30.1 Å². The second-order valence-electron chi connectivity index (χ2n) is 7.72. The van der Waals surface area contributed by atoms with Crippen molar-refractivity contribution in [3.8, 4) is 11.1 Å². The van der Waals surface area contributed by atoms with Crippen LogP contribution in [0.4, 0.5) is 5.82 Å². The van der Waals surface area contributed by atoms with E-state index in [1.807, 2.05) is 53.7 Å². The van der Waals surface area contributed by atoms with Gasteiger partial charge < -0.3 is 15.6 Å². The SMILES string of the molecule is Nc1ccc(-c2ccc([C@@H]3CCCN3C(=O)Cc3c[nH]c4ccccc34)nc2)cn1. The Morgan fingerprint density at radius 2 is 1.87 bits per heavy atom. The Kier molecular flexibility index (Phi) is 4.67. The Labute approximate surface area is 174 Å². The summed E-state index contributed by atoms with van der Waals surface area (Å²) in [5.74, 6) is 0.648. The number of hydrogen-bond acceptors (Lipinski definition) is 4. The molecule has 3 aromatic heterocycles. The number of rotatable bonds is 4. The molecule has 150 valence electrons. The Bertz CT molecular complexity index is 1180. The molecule has 1 aliphatic heterocycles. The molecule has 5 rings (SSSR count). The largest absolute Gasteiger partial charge is 0.384 e. The molecule has 0 spiro atoms. The van der Waals surface area contributed by atoms with Crippen molar-refractivity contribution in [3.05, 3.63) is 78.4 Å². The Hall–Kier alpha value is -3.67. The first-order valence-corrected chi connectivity index (χ1v) is 10.2. The van der Waals surface area contributed by atoms with Crippen LogP contribution in [-0.4, -0.2) is 32.3 Å². The van der Waals surface area contributed by atoms with Crippen LogP contribution in [-0.2, 0) is 11.2 Å². The number of H-pyrrole nitrogens is 1. The molecule has 0 unspecified atom stereocenters. The smallest absolute Gasteiger partial charge is 0.227 e. The molecule has 1 amide bonds. The van der Waals surface area contributed by atoms with Gasteiger partial charge in [0.25, 0.3) is 0 Å². The highest BCUT2D eigenvalue weighted by Gasteiger charge is 2.31. The summed E-state index contributed by atoms with van der Waals surface area (Å²) in [5, 5.41) is 1.11. The van der Waals surface area contributed by atoms with Gasteiger partial charge in [-0.15, -0.1) is 0 Å². The van der Waals surface area contributed by atoms with Gasteiger partial charge in [0.05, 0.1) is 18.2 Å². The number of amides is 1. The third-order valence-electron chi connectivity index (χ3n) is 5.84. The van der Waals surface area contributed by atoms with Gasteiger partial charge in [-0.1, -0.05) is 24.3 Å². The molecule has 4 heterocycles. The van der Waals surface area contributed by atoms with Crippen molar-refractivity contribution in [2.24, 2.45) is 0 Å². The Morgan fingerprint density at radius 3 is 2.63 bits per heavy atom. The molecule has 0 radical (unpaired) electrons. The minimum absolute atomic E-state index is 0.0290. The summed E-state index contributed by atoms with van der Waals surface area (Å²) < 4.78 is 0. The number of benzene rings is 1. The third-order valence-corrected chi connectivity index (χ3v) is 5.84. The molecular formula is C24H23N5O. The highest BCUT2D eigenvalue weighted by atomic mass is 16.2. The van der Waals surface area contributed by atoms with Crippen LogP contribution >= 0.6 is 0 Å². The van der Waals surface area contributed by atoms with Crippen LogP contribution in [0, 0.1) is 0 Å². The number of nitrogens with two attached hydrogens (primary N) is 1. The number of nitrogens with one attached hydrogen (secondary N) is 1. The fraction of sp³-hybridized carbons (Fsp3) is 0.208. The number of hydrogen-bond donors (Lipinski definition) is 2. The summed E-state index contributed by atoms with van der Waals surface area (Å²) in [4.78, 5) is 27.2. The molecule has 1 atom stereocenters. The van der Waals surface area contributed by atoms with E-state index in [0.29, 0.717) is 12.2 Å². The van der Waals surface area contributed by atoms with Gasteiger partial charge in [-0.2, -0.15) is 0 Å². The molecule has 1 saturated heterocycles. The number of carbonyl (C=O) groups is 1. The predicted octanol–water partition coefficient (Wildman–Crippen LogP) is 4.11. The van der Waals surface area contributed by atoms with Crippen LogP contribution in [0.5, 0.6) is 0 Å². The Morgan fingerprint density at radius 1 is 1.07 bits per heavy atom. The van der Waals surface area contributed by atoms with Gasteiger partial charge in [-0.3, -0.25) is 9.78 Å². The number of nitrogen functional groups attached to an aromatic ring is 1. The number of carbonyl (C=O) groups excluding carboxylic acids is 1. The topological polar surface area (TPSA) is 87.9 Å². The maximum Gasteiger partial charge on any atom is 0.227 e. The summed E-state index contributed by atoms with van der Waals surface area (Å²) in [5.41, 5.74) is 10.7. The molecule has 0 aliphatic carbocycles. The molecule has 6 nitrogen and oxygen atoms in total. The van der Waals surface area contributed by atoms with Crippen molar-refractivity contribution < 1.29 is 4.79 Å². The highest BCUT2D eigenvalue weighted by Crippen LogP contribution is 2.32. The monoisotopic (exact) mass is 397 g/mol. The van der Waals surface area contributed by atoms with Crippen molar-refractivity contribution >= 4 is 22.6 Å². The van der Waals surface area contributed by atoms with Crippen molar-refractivity contribution in [1.29, 1.82) is 0 Å². The fourth-order valence-electron chi connectivity index (χ4n) is 4.26. The number of para-hydroxylation sites is 1. The van der Waals surface area contributed by atoms with E-state index in [1.165, 1.54) is 0 Å². The maximum absolute atomic E-state index is 13.1. The molecule has 1 fully saturated rings. The van der Waals surface area contributed by atoms with Gasteiger partial charge in [0.15, 0.2) is 0 Å². The molecule has 1 aromatic carbocycles. The van der Waals surface area contributed by atoms with Crippen molar-refractivity contribution in [3.63, 3.8) is 0 Å². The maximum atomic E-state index is 13.1. The molecule has 1 aliphatic rings. The first-order chi connectivity index (χ1) is 14.7. The first-order valence-electron chi connectivity index (χ1n) is 10.2. The standard InChI is InChI=1S/C24H23N5O/c25-23-10-8-17(14-28-23)16-7-9-21(27-13-16)22-6-3-11-29(22)24(30)12-18-15-26-20-5-2-1-4-19(18)20/h1-2,4-5,7-10,13-15,22,26H,3,6,11-12H2,(H2,25,28)/t22-/m0/s1. The lowest BCUT2D eigenvalue weighted by Crippen LogP contribution is -2.32. The minimum Gasteiger partial charge on any atom is -0.384 e. The highest BCUT2D eigenvalue weighted by molar-refractivity contribution is 5.89. The summed E-state index contributed by atoms with van der Waals surface area (Å²) in [6.45, 7) is 0.775. The number of anilines is 1. The quantitative estimate of drug-likeness (QED) is 0.542. The molecular weight excluding hydrogens is 374 g/mol. The van der Waals surface area contributed by atoms with Crippen molar-refractivity contribution in [2.45, 2.75) is 25.3 Å². The van der Waals surface area contributed by atoms with Gasteiger partial charge in [-0.25, -0.2) is 4.98 Å². The lowest BCUT2D eigenvalue weighted by Gasteiger charge is -2.24. The fourth-order valence-corrected chi connectivity index (χ4v) is 4.26. The number of pyridine rings is 2. The molecule has 0 bridgehead atoms. The first kappa shape index (κ1) is 18.4. The zero-order valence-corrected chi connectivity index (χ0v) is 16.6. The second-order valence-corrected chi connectivity index (χ2v) is 7.72. The van der Waals surface area contributed by atoms with E-state index in [0.717, 1.165) is 52.7 Å². The van der Waals surface area contributed by atoms with Gasteiger partial charge >= 0.3 is 0 Å². The van der Waals surface area contributed by atoms with Crippen molar-refractivity contribution in [2.75, 3.05) is 12.3 Å². The number of fused-ring (bicyclic) bond motifs is 1. The predicted molar refractivity (Wildman–Crippen MR) is 118 cm³/mol. The summed E-state index contributed by atoms with van der Waals surface area (Å²) in [7, 11) is 0. The van der Waals surface area contributed by atoms with Gasteiger partial charge in [-0.05, 0) is 42.7 Å². The number of aromatic amines is 1. The zero-order chi connectivity index (χ0) is 20.5. The van der Waals surface area contributed by atoms with Crippen LogP contribution in [0.2, 0.25) is 0 Å². The van der Waals surface area contributed by atoms with E-state index >= 15 is 0 Å². The number of nitrogens with zero attached hydrogens (tertiary/aromatic N) is 3. The molecule has 30 heavy (non-hydrogen) atoms. The second kappa shape index (κ2) is 7.63. The van der Waals surface area contributed by atoms with Crippen LogP contribution in [0.15, 0.2) is 67.1 Å². The van der Waals surface area contributed by atoms with E-state index in [9.17, 15) is 4.79 Å². The Balaban J connectivity index is 1.34. The average Bonchev–Trinajstić information content (AvgIpc) is 3.42. The minimum atomic E-state index is 0.0290. The normalized spacial score (nSPS) is 16.3. The van der Waals surface area contributed by atoms with E-state index in [2.05, 4.69) is 21.0 Å². The lowest BCUT2D eigenvalue weighted by molar-refractivity contribution is -0.131. The molecule has 0 saturated carbocycles. The van der Waals surface area contributed by atoms with Crippen LogP contribution < -0.4 is 5.73 Å². The number of aromatic nitrogens is 3. The zero-order valence-electron chi connectivity index (χ0n) is 16.6. The van der Waals surface area contributed by atoms with Gasteiger partial charge in [0.2, 0.25) is 5.91 Å². The number of likely N-dealkylation sites (tertiary alicyclic amines) is 1. The molecule has 6 heteroatoms. The van der Waals surface area contributed by atoms with Gasteiger partial charge in [0.1, 0.15) is 5.82 Å².